The lowest BCUT2D eigenvalue weighted by Crippen LogP contribution is -2.20. The molecule has 0 radical (unpaired) electrons. The van der Waals surface area contributed by atoms with E-state index in [1.807, 2.05) is 0 Å². The molecule has 136 valence electrons. The highest BCUT2D eigenvalue weighted by Crippen LogP contribution is 2.29. The van der Waals surface area contributed by atoms with Crippen LogP contribution in [0.2, 0.25) is 15.1 Å². The molecule has 0 heterocycles. The number of hydrogen-bond acceptors (Lipinski definition) is 4. The molecule has 2 amide bonds. The van der Waals surface area contributed by atoms with Crippen molar-refractivity contribution in [1.29, 1.82) is 0 Å². The van der Waals surface area contributed by atoms with E-state index in [0.717, 1.165) is 0 Å². The first-order valence-corrected chi connectivity index (χ1v) is 8.54. The molecule has 0 saturated heterocycles. The van der Waals surface area contributed by atoms with E-state index >= 15 is 0 Å². The van der Waals surface area contributed by atoms with Gasteiger partial charge in [-0.25, -0.2) is 5.43 Å². The maximum atomic E-state index is 11.8. The molecular formula is C17H14Cl3N3O3. The Bertz CT molecular complexity index is 856. The Labute approximate surface area is 164 Å². The normalized spacial score (nSPS) is 10.7. The molecule has 0 unspecified atom stereocenters. The molecule has 2 rings (SSSR count). The molecule has 26 heavy (non-hydrogen) atoms. The van der Waals surface area contributed by atoms with Crippen LogP contribution in [0.3, 0.4) is 0 Å². The summed E-state index contributed by atoms with van der Waals surface area (Å²) in [6.45, 7) is 0. The number of nitrogens with zero attached hydrogens (tertiary/aromatic N) is 1. The van der Waals surface area contributed by atoms with Gasteiger partial charge in [-0.1, -0.05) is 46.9 Å². The van der Waals surface area contributed by atoms with E-state index in [4.69, 9.17) is 34.8 Å². The quantitative estimate of drug-likeness (QED) is 0.488. The van der Waals surface area contributed by atoms with Crippen LogP contribution in [0.15, 0.2) is 41.5 Å². The number of carbonyl (C=O) groups excluding carboxylic acids is 2. The number of nitrogens with one attached hydrogen (secondary N) is 2. The lowest BCUT2D eigenvalue weighted by Gasteiger charge is -2.06. The number of rotatable bonds is 6. The standard InChI is InChI=1S/C17H14Cl3N3O3/c18-11-7-10(17(26)13(20)8-11)9-21-23-16(25)6-5-15(24)22-14-4-2-1-3-12(14)19/h1-4,7-9,26H,5-6H2,(H,22,24)(H,23,25)/b21-9+. The first kappa shape index (κ1) is 20.0. The second kappa shape index (κ2) is 9.43. The highest BCUT2D eigenvalue weighted by Gasteiger charge is 2.09. The number of phenols is 1. The summed E-state index contributed by atoms with van der Waals surface area (Å²) in [7, 11) is 0. The summed E-state index contributed by atoms with van der Waals surface area (Å²) in [4.78, 5) is 23.6. The fourth-order valence-electron chi connectivity index (χ4n) is 1.92. The summed E-state index contributed by atoms with van der Waals surface area (Å²) < 4.78 is 0. The first-order valence-electron chi connectivity index (χ1n) is 7.41. The van der Waals surface area contributed by atoms with Crippen LogP contribution in [0, 0.1) is 0 Å². The summed E-state index contributed by atoms with van der Waals surface area (Å²) in [5.41, 5.74) is 2.98. The van der Waals surface area contributed by atoms with Crippen molar-refractivity contribution >= 4 is 58.5 Å². The minimum atomic E-state index is -0.469. The number of benzene rings is 2. The topological polar surface area (TPSA) is 90.8 Å². The zero-order valence-corrected chi connectivity index (χ0v) is 15.6. The van der Waals surface area contributed by atoms with Gasteiger partial charge in [0.1, 0.15) is 5.75 Å². The average molecular weight is 415 g/mol. The molecule has 9 heteroatoms. The molecule has 0 aliphatic carbocycles. The molecule has 0 aliphatic heterocycles. The van der Waals surface area contributed by atoms with Gasteiger partial charge in [0.25, 0.3) is 0 Å². The fraction of sp³-hybridized carbons (Fsp3) is 0.118. The van der Waals surface area contributed by atoms with E-state index in [2.05, 4.69) is 15.8 Å². The molecular weight excluding hydrogens is 401 g/mol. The van der Waals surface area contributed by atoms with Crippen molar-refractivity contribution in [3.63, 3.8) is 0 Å². The van der Waals surface area contributed by atoms with Crippen LogP contribution >= 0.6 is 34.8 Å². The molecule has 0 aliphatic rings. The number of para-hydroxylation sites is 1. The molecule has 0 bridgehead atoms. The largest absolute Gasteiger partial charge is 0.506 e. The molecule has 0 atom stereocenters. The van der Waals surface area contributed by atoms with Crippen LogP contribution in [0.5, 0.6) is 5.75 Å². The van der Waals surface area contributed by atoms with Crippen molar-refractivity contribution in [3.05, 3.63) is 57.0 Å². The number of phenolic OH excluding ortho intramolecular Hbond substituents is 1. The van der Waals surface area contributed by atoms with Gasteiger partial charge in [-0.15, -0.1) is 0 Å². The number of hydrazone groups is 1. The van der Waals surface area contributed by atoms with Gasteiger partial charge in [0.05, 0.1) is 21.9 Å². The average Bonchev–Trinajstić information content (AvgIpc) is 2.59. The number of amides is 2. The van der Waals surface area contributed by atoms with Gasteiger partial charge in [-0.2, -0.15) is 5.10 Å². The van der Waals surface area contributed by atoms with Crippen molar-refractivity contribution in [2.75, 3.05) is 5.32 Å². The molecule has 0 saturated carbocycles. The minimum Gasteiger partial charge on any atom is -0.506 e. The number of anilines is 1. The highest BCUT2D eigenvalue weighted by molar-refractivity contribution is 6.36. The smallest absolute Gasteiger partial charge is 0.240 e. The third-order valence-corrected chi connectivity index (χ3v) is 4.01. The lowest BCUT2D eigenvalue weighted by molar-refractivity contribution is -0.124. The number of aromatic hydroxyl groups is 1. The Morgan fingerprint density at radius 1 is 1.04 bits per heavy atom. The summed E-state index contributed by atoms with van der Waals surface area (Å²) in [6, 6.07) is 9.61. The molecule has 3 N–H and O–H groups in total. The summed E-state index contributed by atoms with van der Waals surface area (Å²) >= 11 is 17.6. The maximum absolute atomic E-state index is 11.8. The Kier molecular flexibility index (Phi) is 7.26. The van der Waals surface area contributed by atoms with E-state index in [1.165, 1.54) is 18.3 Å². The minimum absolute atomic E-state index is 0.0409. The predicted molar refractivity (Wildman–Crippen MR) is 103 cm³/mol. The van der Waals surface area contributed by atoms with Crippen LogP contribution in [-0.2, 0) is 9.59 Å². The van der Waals surface area contributed by atoms with Crippen LogP contribution in [0.1, 0.15) is 18.4 Å². The summed E-state index contributed by atoms with van der Waals surface area (Å²) in [5.74, 6) is -1.02. The number of hydrogen-bond donors (Lipinski definition) is 3. The van der Waals surface area contributed by atoms with Gasteiger partial charge in [0, 0.05) is 23.4 Å². The van der Waals surface area contributed by atoms with Crippen molar-refractivity contribution in [3.8, 4) is 5.75 Å². The third kappa shape index (κ3) is 5.91. The Balaban J connectivity index is 1.82. The Morgan fingerprint density at radius 3 is 2.46 bits per heavy atom. The molecule has 0 aromatic heterocycles. The van der Waals surface area contributed by atoms with Crippen LogP contribution in [0.4, 0.5) is 5.69 Å². The second-order valence-electron chi connectivity index (χ2n) is 5.15. The highest BCUT2D eigenvalue weighted by atomic mass is 35.5. The zero-order chi connectivity index (χ0) is 19.1. The van der Waals surface area contributed by atoms with Crippen molar-refractivity contribution in [2.24, 2.45) is 5.10 Å². The van der Waals surface area contributed by atoms with Crippen molar-refractivity contribution in [2.45, 2.75) is 12.8 Å². The predicted octanol–water partition coefficient (Wildman–Crippen LogP) is 4.22. The number of carbonyl (C=O) groups is 2. The van der Waals surface area contributed by atoms with Gasteiger partial charge in [-0.3, -0.25) is 9.59 Å². The van der Waals surface area contributed by atoms with E-state index < -0.39 is 5.91 Å². The zero-order valence-electron chi connectivity index (χ0n) is 13.3. The Hall–Kier alpha value is -2.28. The number of halogens is 3. The molecule has 2 aromatic rings. The van der Waals surface area contributed by atoms with Gasteiger partial charge >= 0.3 is 0 Å². The van der Waals surface area contributed by atoms with Gasteiger partial charge in [0.15, 0.2) is 0 Å². The van der Waals surface area contributed by atoms with E-state index in [1.54, 1.807) is 24.3 Å². The van der Waals surface area contributed by atoms with E-state index in [-0.39, 0.29) is 35.1 Å². The molecule has 2 aromatic carbocycles. The van der Waals surface area contributed by atoms with Gasteiger partial charge in [0.2, 0.25) is 11.8 Å². The maximum Gasteiger partial charge on any atom is 0.240 e. The SMILES string of the molecule is O=C(CCC(=O)Nc1ccccc1Cl)N/N=C/c1cc(Cl)cc(Cl)c1O. The van der Waals surface area contributed by atoms with Gasteiger partial charge in [-0.05, 0) is 24.3 Å². The first-order chi connectivity index (χ1) is 12.4. The summed E-state index contributed by atoms with van der Waals surface area (Å²) in [5, 5.41) is 16.9. The van der Waals surface area contributed by atoms with Crippen molar-refractivity contribution in [1.82, 2.24) is 5.43 Å². The van der Waals surface area contributed by atoms with Gasteiger partial charge < -0.3 is 10.4 Å². The van der Waals surface area contributed by atoms with Crippen molar-refractivity contribution < 1.29 is 14.7 Å². The van der Waals surface area contributed by atoms with Crippen LogP contribution < -0.4 is 10.7 Å². The lowest BCUT2D eigenvalue weighted by atomic mass is 10.2. The fourth-order valence-corrected chi connectivity index (χ4v) is 2.61. The molecule has 6 nitrogen and oxygen atoms in total. The van der Waals surface area contributed by atoms with Crippen LogP contribution in [-0.4, -0.2) is 23.1 Å². The molecule has 0 fully saturated rings. The van der Waals surface area contributed by atoms with E-state index in [0.29, 0.717) is 15.7 Å². The monoisotopic (exact) mass is 413 g/mol. The van der Waals surface area contributed by atoms with E-state index in [9.17, 15) is 14.7 Å². The third-order valence-electron chi connectivity index (χ3n) is 3.18. The summed E-state index contributed by atoms with van der Waals surface area (Å²) in [6.07, 6.45) is 1.09. The second-order valence-corrected chi connectivity index (χ2v) is 6.40. The molecule has 0 spiro atoms. The van der Waals surface area contributed by atoms with Crippen LogP contribution in [0.25, 0.3) is 0 Å². The Morgan fingerprint density at radius 2 is 1.73 bits per heavy atom.